The zero-order valence-electron chi connectivity index (χ0n) is 11.9. The molecule has 0 atom stereocenters. The molecule has 3 aromatic heterocycles. The van der Waals surface area contributed by atoms with Crippen molar-refractivity contribution in [1.82, 2.24) is 24.5 Å². The highest BCUT2D eigenvalue weighted by molar-refractivity contribution is 5.75. The summed E-state index contributed by atoms with van der Waals surface area (Å²) in [4.78, 5) is 12.6. The molecule has 0 amide bonds. The van der Waals surface area contributed by atoms with Crippen LogP contribution in [-0.4, -0.2) is 30.7 Å². The van der Waals surface area contributed by atoms with Gasteiger partial charge in [-0.1, -0.05) is 20.8 Å². The van der Waals surface area contributed by atoms with E-state index in [-0.39, 0.29) is 11.3 Å². The van der Waals surface area contributed by atoms with Gasteiger partial charge in [0.1, 0.15) is 17.8 Å². The smallest absolute Gasteiger partial charge is 0.298 e. The summed E-state index contributed by atoms with van der Waals surface area (Å²) in [5, 5.41) is 16.1. The Hall–Kier alpha value is -2.77. The predicted octanol–water partition coefficient (Wildman–Crippen LogP) is 1.06. The second kappa shape index (κ2) is 4.65. The molecule has 0 spiro atoms. The van der Waals surface area contributed by atoms with Crippen LogP contribution in [-0.2, 0) is 5.41 Å². The first kappa shape index (κ1) is 13.2. The summed E-state index contributed by atoms with van der Waals surface area (Å²) in [5.41, 5.74) is -0.366. The standard InChI is InChI=1S/C13H14N6O2/c1-13(2,3)10-11(20)19(12-16-14-8-18(12)17-10)15-7-9-5-4-6-21-9/h4-8H,1-3H3. The number of hydrogen-bond donors (Lipinski definition) is 0. The number of furan rings is 1. The highest BCUT2D eigenvalue weighted by Gasteiger charge is 2.23. The van der Waals surface area contributed by atoms with Gasteiger partial charge < -0.3 is 4.42 Å². The minimum atomic E-state index is -0.419. The minimum absolute atomic E-state index is 0.246. The fourth-order valence-electron chi connectivity index (χ4n) is 1.83. The molecule has 0 saturated heterocycles. The summed E-state index contributed by atoms with van der Waals surface area (Å²) < 4.78 is 7.76. The Morgan fingerprint density at radius 3 is 2.86 bits per heavy atom. The van der Waals surface area contributed by atoms with Gasteiger partial charge in [-0.05, 0) is 12.1 Å². The SMILES string of the molecule is CC(C)(C)c1nn2cnnc2n(N=Cc2ccco2)c1=O. The Kier molecular flexibility index (Phi) is 2.93. The molecule has 108 valence electrons. The lowest BCUT2D eigenvalue weighted by atomic mass is 9.93. The van der Waals surface area contributed by atoms with Crippen LogP contribution >= 0.6 is 0 Å². The number of rotatable bonds is 2. The van der Waals surface area contributed by atoms with E-state index < -0.39 is 5.41 Å². The van der Waals surface area contributed by atoms with E-state index in [9.17, 15) is 4.79 Å². The van der Waals surface area contributed by atoms with E-state index in [1.54, 1.807) is 12.1 Å². The third-order valence-corrected chi connectivity index (χ3v) is 2.86. The molecule has 0 aromatic carbocycles. The normalized spacial score (nSPS) is 12.5. The first-order chi connectivity index (χ1) is 9.97. The third kappa shape index (κ3) is 2.35. The van der Waals surface area contributed by atoms with E-state index >= 15 is 0 Å². The average Bonchev–Trinajstić information content (AvgIpc) is 3.06. The molecule has 8 nitrogen and oxygen atoms in total. The van der Waals surface area contributed by atoms with E-state index in [4.69, 9.17) is 4.42 Å². The fourth-order valence-corrected chi connectivity index (χ4v) is 1.83. The maximum Gasteiger partial charge on any atom is 0.298 e. The highest BCUT2D eigenvalue weighted by atomic mass is 16.3. The lowest BCUT2D eigenvalue weighted by molar-refractivity contribution is 0.529. The Balaban J connectivity index is 2.22. The number of fused-ring (bicyclic) bond motifs is 1. The maximum atomic E-state index is 12.6. The van der Waals surface area contributed by atoms with Gasteiger partial charge in [0.05, 0.1) is 12.5 Å². The summed E-state index contributed by atoms with van der Waals surface area (Å²) in [6, 6.07) is 3.48. The van der Waals surface area contributed by atoms with Gasteiger partial charge in [-0.25, -0.2) is 0 Å². The third-order valence-electron chi connectivity index (χ3n) is 2.86. The predicted molar refractivity (Wildman–Crippen MR) is 75.4 cm³/mol. The van der Waals surface area contributed by atoms with Crippen molar-refractivity contribution in [2.75, 3.05) is 0 Å². The summed E-state index contributed by atoms with van der Waals surface area (Å²) in [5.74, 6) is 0.782. The molecule has 3 rings (SSSR count). The van der Waals surface area contributed by atoms with Crippen molar-refractivity contribution < 1.29 is 4.42 Å². The molecule has 0 aliphatic heterocycles. The first-order valence-electron chi connectivity index (χ1n) is 6.38. The van der Waals surface area contributed by atoms with Crippen LogP contribution in [0.4, 0.5) is 0 Å². The summed E-state index contributed by atoms with van der Waals surface area (Å²) in [7, 11) is 0. The lowest BCUT2D eigenvalue weighted by Crippen LogP contribution is -2.32. The quantitative estimate of drug-likeness (QED) is 0.657. The van der Waals surface area contributed by atoms with Crippen molar-refractivity contribution in [2.45, 2.75) is 26.2 Å². The second-order valence-electron chi connectivity index (χ2n) is 5.55. The Labute approximate surface area is 119 Å². The Morgan fingerprint density at radius 2 is 2.19 bits per heavy atom. The monoisotopic (exact) mass is 286 g/mol. The molecule has 8 heteroatoms. The average molecular weight is 286 g/mol. The van der Waals surface area contributed by atoms with Crippen LogP contribution in [0, 0.1) is 0 Å². The largest absolute Gasteiger partial charge is 0.463 e. The number of nitrogens with zero attached hydrogens (tertiary/aromatic N) is 6. The van der Waals surface area contributed by atoms with Crippen molar-refractivity contribution in [2.24, 2.45) is 5.10 Å². The molecule has 0 aliphatic carbocycles. The van der Waals surface area contributed by atoms with E-state index in [0.717, 1.165) is 0 Å². The van der Waals surface area contributed by atoms with Crippen molar-refractivity contribution in [3.8, 4) is 0 Å². The highest BCUT2D eigenvalue weighted by Crippen LogP contribution is 2.16. The van der Waals surface area contributed by atoms with E-state index in [2.05, 4.69) is 20.4 Å². The van der Waals surface area contributed by atoms with Crippen LogP contribution in [0.15, 0.2) is 39.0 Å². The van der Waals surface area contributed by atoms with Crippen molar-refractivity contribution in [3.05, 3.63) is 46.5 Å². The first-order valence-corrected chi connectivity index (χ1v) is 6.38. The molecule has 0 aliphatic rings. The van der Waals surface area contributed by atoms with Crippen molar-refractivity contribution in [3.63, 3.8) is 0 Å². The van der Waals surface area contributed by atoms with Crippen LogP contribution in [0.5, 0.6) is 0 Å². The number of aromatic nitrogens is 5. The van der Waals surface area contributed by atoms with Gasteiger partial charge in [0.15, 0.2) is 0 Å². The molecular formula is C13H14N6O2. The zero-order chi connectivity index (χ0) is 15.0. The van der Waals surface area contributed by atoms with E-state index in [1.807, 2.05) is 20.8 Å². The molecule has 3 heterocycles. The molecule has 0 radical (unpaired) electrons. The van der Waals surface area contributed by atoms with Crippen LogP contribution in [0.25, 0.3) is 5.78 Å². The maximum absolute atomic E-state index is 12.6. The van der Waals surface area contributed by atoms with Gasteiger partial charge in [0.2, 0.25) is 0 Å². The van der Waals surface area contributed by atoms with Gasteiger partial charge in [0.25, 0.3) is 11.3 Å². The molecule has 0 fully saturated rings. The van der Waals surface area contributed by atoms with Crippen molar-refractivity contribution in [1.29, 1.82) is 0 Å². The van der Waals surface area contributed by atoms with Crippen LogP contribution in [0.3, 0.4) is 0 Å². The minimum Gasteiger partial charge on any atom is -0.463 e. The van der Waals surface area contributed by atoms with Gasteiger partial charge >= 0.3 is 0 Å². The van der Waals surface area contributed by atoms with Gasteiger partial charge in [-0.15, -0.1) is 10.2 Å². The van der Waals surface area contributed by atoms with Crippen LogP contribution in [0.2, 0.25) is 0 Å². The fraction of sp³-hybridized carbons (Fsp3) is 0.308. The molecule has 21 heavy (non-hydrogen) atoms. The van der Waals surface area contributed by atoms with Gasteiger partial charge in [0, 0.05) is 5.41 Å². The second-order valence-corrected chi connectivity index (χ2v) is 5.55. The molecule has 0 N–H and O–H groups in total. The van der Waals surface area contributed by atoms with Crippen LogP contribution < -0.4 is 5.56 Å². The molecule has 0 saturated carbocycles. The van der Waals surface area contributed by atoms with E-state index in [0.29, 0.717) is 11.5 Å². The van der Waals surface area contributed by atoms with Crippen LogP contribution in [0.1, 0.15) is 32.2 Å². The topological polar surface area (TPSA) is 90.6 Å². The Morgan fingerprint density at radius 1 is 1.38 bits per heavy atom. The molecule has 0 unspecified atom stereocenters. The summed E-state index contributed by atoms with van der Waals surface area (Å²) >= 11 is 0. The van der Waals surface area contributed by atoms with Crippen molar-refractivity contribution >= 4 is 12.0 Å². The Bertz CT molecular complexity index is 851. The number of hydrogen-bond acceptors (Lipinski definition) is 6. The lowest BCUT2D eigenvalue weighted by Gasteiger charge is -2.16. The van der Waals surface area contributed by atoms with Gasteiger partial charge in [-0.3, -0.25) is 4.79 Å². The molecular weight excluding hydrogens is 272 g/mol. The zero-order valence-corrected chi connectivity index (χ0v) is 11.9. The molecule has 0 bridgehead atoms. The summed E-state index contributed by atoms with van der Waals surface area (Å²) in [6.07, 6.45) is 4.41. The summed E-state index contributed by atoms with van der Waals surface area (Å²) in [6.45, 7) is 5.73. The van der Waals surface area contributed by atoms with Gasteiger partial charge in [-0.2, -0.15) is 19.4 Å². The van der Waals surface area contributed by atoms with E-state index in [1.165, 1.54) is 28.0 Å². The molecule has 3 aromatic rings.